The molecule has 0 aromatic carbocycles. The highest BCUT2D eigenvalue weighted by Gasteiger charge is 2.39. The van der Waals surface area contributed by atoms with Gasteiger partial charge in [0, 0.05) is 0 Å². The summed E-state index contributed by atoms with van der Waals surface area (Å²) in [7, 11) is 0. The Balaban J connectivity index is 2.93. The Labute approximate surface area is 82.4 Å². The van der Waals surface area contributed by atoms with E-state index in [0.29, 0.717) is 12.2 Å². The summed E-state index contributed by atoms with van der Waals surface area (Å²) in [5, 5.41) is 5.95. The molecule has 2 unspecified atom stereocenters. The van der Waals surface area contributed by atoms with Crippen LogP contribution in [0.25, 0.3) is 0 Å². The molecular formula is C7H5Cl2F3O. The second kappa shape index (κ2) is 3.19. The molecule has 2 atom stereocenters. The fourth-order valence-corrected chi connectivity index (χ4v) is 1.15. The van der Waals surface area contributed by atoms with Crippen molar-refractivity contribution in [3.8, 4) is 0 Å². The Morgan fingerprint density at radius 1 is 1.46 bits per heavy atom. The summed E-state index contributed by atoms with van der Waals surface area (Å²) in [4.78, 5) is 0. The second-order valence-corrected chi connectivity index (χ2v) is 3.66. The number of hydrogen-bond donors (Lipinski definition) is 1. The van der Waals surface area contributed by atoms with E-state index < -0.39 is 22.2 Å². The molecule has 74 valence electrons. The summed E-state index contributed by atoms with van der Waals surface area (Å²) in [6, 6.07) is 0. The molecule has 0 saturated heterocycles. The first-order valence-corrected chi connectivity index (χ1v) is 4.08. The highest BCUT2D eigenvalue weighted by atomic mass is 35.5. The summed E-state index contributed by atoms with van der Waals surface area (Å²) in [5.74, 6) is 0. The largest absolute Gasteiger partial charge is 0.416 e. The molecule has 0 fully saturated rings. The lowest BCUT2D eigenvalue weighted by atomic mass is 10.0. The van der Waals surface area contributed by atoms with E-state index in [9.17, 15) is 13.2 Å². The quantitative estimate of drug-likeness (QED) is 0.637. The molecule has 1 nitrogen and oxygen atoms in total. The van der Waals surface area contributed by atoms with Gasteiger partial charge in [0.15, 0.2) is 5.06 Å². The van der Waals surface area contributed by atoms with Crippen LogP contribution < -0.4 is 0 Å². The second-order valence-electron chi connectivity index (χ2n) is 2.58. The molecule has 1 N–H and O–H groups in total. The minimum atomic E-state index is -4.46. The van der Waals surface area contributed by atoms with Gasteiger partial charge in [-0.2, -0.15) is 13.2 Å². The van der Waals surface area contributed by atoms with E-state index in [1.165, 1.54) is 0 Å². The van der Waals surface area contributed by atoms with Crippen molar-refractivity contribution in [3.05, 3.63) is 23.8 Å². The van der Waals surface area contributed by atoms with Crippen LogP contribution in [0.5, 0.6) is 0 Å². The third kappa shape index (κ3) is 2.39. The molecule has 1 rings (SSSR count). The molecule has 0 aliphatic heterocycles. The van der Waals surface area contributed by atoms with E-state index in [4.69, 9.17) is 28.3 Å². The van der Waals surface area contributed by atoms with Gasteiger partial charge in [-0.1, -0.05) is 23.8 Å². The average Bonchev–Trinajstić information content (AvgIpc) is 1.92. The van der Waals surface area contributed by atoms with Crippen LogP contribution in [0.3, 0.4) is 0 Å². The number of halogens is 5. The Bertz CT molecular complexity index is 267. The third-order valence-corrected chi connectivity index (χ3v) is 2.47. The molecule has 0 spiro atoms. The zero-order chi connectivity index (χ0) is 10.3. The molecule has 0 amide bonds. The zero-order valence-electron chi connectivity index (χ0n) is 6.15. The molecule has 6 heteroatoms. The Morgan fingerprint density at radius 2 is 2.00 bits per heavy atom. The van der Waals surface area contributed by atoms with Crippen molar-refractivity contribution in [2.45, 2.75) is 16.6 Å². The summed E-state index contributed by atoms with van der Waals surface area (Å²) in [6.45, 7) is 0. The van der Waals surface area contributed by atoms with Gasteiger partial charge in [-0.3, -0.25) is 0 Å². The van der Waals surface area contributed by atoms with Gasteiger partial charge in [0.2, 0.25) is 0 Å². The van der Waals surface area contributed by atoms with Gasteiger partial charge in [0.25, 0.3) is 0 Å². The first-order valence-electron chi connectivity index (χ1n) is 3.27. The van der Waals surface area contributed by atoms with Crippen molar-refractivity contribution < 1.29 is 18.3 Å². The van der Waals surface area contributed by atoms with Crippen LogP contribution >= 0.6 is 23.2 Å². The molecule has 0 radical (unpaired) electrons. The number of hydrogen-bond acceptors (Lipinski definition) is 1. The fourth-order valence-electron chi connectivity index (χ4n) is 0.818. The highest BCUT2D eigenvalue weighted by Crippen LogP contribution is 2.35. The number of allylic oxidation sites excluding steroid dienone is 2. The molecular weight excluding hydrogens is 228 g/mol. The van der Waals surface area contributed by atoms with Crippen LogP contribution in [0.1, 0.15) is 0 Å². The Kier molecular flexibility index (Phi) is 2.67. The van der Waals surface area contributed by atoms with Crippen LogP contribution in [-0.4, -0.2) is 21.7 Å². The van der Waals surface area contributed by atoms with Crippen LogP contribution in [0.15, 0.2) is 23.8 Å². The summed E-state index contributed by atoms with van der Waals surface area (Å²) in [5.41, 5.74) is -0.905. The van der Waals surface area contributed by atoms with E-state index >= 15 is 0 Å². The van der Waals surface area contributed by atoms with E-state index in [1.807, 2.05) is 0 Å². The SMILES string of the molecule is OC1(Cl)C=CC(C(F)(F)F)=CC1Cl. The van der Waals surface area contributed by atoms with Gasteiger partial charge in [-0.05, 0) is 6.08 Å². The first-order chi connectivity index (χ1) is 5.73. The van der Waals surface area contributed by atoms with Crippen molar-refractivity contribution in [2.75, 3.05) is 0 Å². The van der Waals surface area contributed by atoms with Gasteiger partial charge in [0.05, 0.1) is 11.0 Å². The van der Waals surface area contributed by atoms with Gasteiger partial charge in [-0.15, -0.1) is 11.6 Å². The van der Waals surface area contributed by atoms with Crippen molar-refractivity contribution in [2.24, 2.45) is 0 Å². The number of alkyl halides is 5. The lowest BCUT2D eigenvalue weighted by Crippen LogP contribution is -2.32. The van der Waals surface area contributed by atoms with Crippen molar-refractivity contribution in [1.29, 1.82) is 0 Å². The predicted molar refractivity (Wildman–Crippen MR) is 43.7 cm³/mol. The highest BCUT2D eigenvalue weighted by molar-refractivity contribution is 6.33. The normalized spacial score (nSPS) is 34.6. The fraction of sp³-hybridized carbons (Fsp3) is 0.429. The molecule has 1 aliphatic carbocycles. The molecule has 1 aliphatic rings. The molecule has 0 heterocycles. The first kappa shape index (κ1) is 10.9. The lowest BCUT2D eigenvalue weighted by Gasteiger charge is -2.25. The smallest absolute Gasteiger partial charge is 0.370 e. The molecule has 0 aromatic heterocycles. The maximum absolute atomic E-state index is 12.1. The third-order valence-electron chi connectivity index (χ3n) is 1.54. The van der Waals surface area contributed by atoms with Gasteiger partial charge in [-0.25, -0.2) is 0 Å². The molecule has 0 saturated carbocycles. The summed E-state index contributed by atoms with van der Waals surface area (Å²) in [6.07, 6.45) is -2.27. The van der Waals surface area contributed by atoms with E-state index in [-0.39, 0.29) is 0 Å². The van der Waals surface area contributed by atoms with Crippen LogP contribution in [-0.2, 0) is 0 Å². The maximum atomic E-state index is 12.1. The van der Waals surface area contributed by atoms with E-state index in [0.717, 1.165) is 6.08 Å². The Hall–Kier alpha value is -0.190. The summed E-state index contributed by atoms with van der Waals surface area (Å²) < 4.78 is 36.2. The Morgan fingerprint density at radius 3 is 2.38 bits per heavy atom. The zero-order valence-corrected chi connectivity index (χ0v) is 7.66. The van der Waals surface area contributed by atoms with Crippen LogP contribution in [0.4, 0.5) is 13.2 Å². The van der Waals surface area contributed by atoms with Crippen LogP contribution in [0, 0.1) is 0 Å². The number of rotatable bonds is 0. The maximum Gasteiger partial charge on any atom is 0.416 e. The van der Waals surface area contributed by atoms with E-state index in [1.54, 1.807) is 0 Å². The van der Waals surface area contributed by atoms with Gasteiger partial charge >= 0.3 is 6.18 Å². The standard InChI is InChI=1S/C7H5Cl2F3O/c8-5-3-4(7(10,11)12)1-2-6(5,9)13/h1-3,5,13H. The lowest BCUT2D eigenvalue weighted by molar-refractivity contribution is -0.0889. The number of aliphatic hydroxyl groups is 1. The molecule has 0 aromatic rings. The minimum absolute atomic E-state index is 0.675. The predicted octanol–water partition coefficient (Wildman–Crippen LogP) is 2.58. The van der Waals surface area contributed by atoms with Gasteiger partial charge < -0.3 is 5.11 Å². The summed E-state index contributed by atoms with van der Waals surface area (Å²) >= 11 is 10.8. The average molecular weight is 233 g/mol. The van der Waals surface area contributed by atoms with Crippen molar-refractivity contribution in [1.82, 2.24) is 0 Å². The minimum Gasteiger partial charge on any atom is -0.370 e. The van der Waals surface area contributed by atoms with E-state index in [2.05, 4.69) is 0 Å². The molecule has 0 bridgehead atoms. The van der Waals surface area contributed by atoms with Crippen molar-refractivity contribution >= 4 is 23.2 Å². The van der Waals surface area contributed by atoms with Crippen molar-refractivity contribution in [3.63, 3.8) is 0 Å². The topological polar surface area (TPSA) is 20.2 Å². The van der Waals surface area contributed by atoms with Crippen LogP contribution in [0.2, 0.25) is 0 Å². The van der Waals surface area contributed by atoms with Gasteiger partial charge in [0.1, 0.15) is 0 Å². The molecule has 13 heavy (non-hydrogen) atoms. The monoisotopic (exact) mass is 232 g/mol.